The summed E-state index contributed by atoms with van der Waals surface area (Å²) in [6.45, 7) is 8.62. The van der Waals surface area contributed by atoms with Crippen molar-refractivity contribution in [2.75, 3.05) is 19.6 Å². The van der Waals surface area contributed by atoms with Gasteiger partial charge in [-0.25, -0.2) is 0 Å². The molecule has 1 aliphatic carbocycles. The van der Waals surface area contributed by atoms with Crippen LogP contribution >= 0.6 is 0 Å². The predicted octanol–water partition coefficient (Wildman–Crippen LogP) is 1.86. The molecule has 2 fully saturated rings. The van der Waals surface area contributed by atoms with Gasteiger partial charge in [0.15, 0.2) is 0 Å². The van der Waals surface area contributed by atoms with Crippen molar-refractivity contribution in [1.29, 1.82) is 0 Å². The lowest BCUT2D eigenvalue weighted by atomic mass is 9.98. The largest absolute Gasteiger partial charge is 0.314 e. The Bertz CT molecular complexity index is 422. The highest BCUT2D eigenvalue weighted by atomic mass is 32.2. The van der Waals surface area contributed by atoms with E-state index >= 15 is 0 Å². The number of hydrogen-bond donors (Lipinski definition) is 2. The quantitative estimate of drug-likeness (QED) is 0.786. The monoisotopic (exact) mass is 317 g/mol. The molecule has 0 unspecified atom stereocenters. The first-order valence-electron chi connectivity index (χ1n) is 8.33. The van der Waals surface area contributed by atoms with Crippen LogP contribution in [0.1, 0.15) is 59.3 Å². The van der Waals surface area contributed by atoms with Gasteiger partial charge in [0.25, 0.3) is 10.2 Å². The van der Waals surface area contributed by atoms with Crippen LogP contribution in [0.4, 0.5) is 0 Å². The Morgan fingerprint density at radius 1 is 1.19 bits per heavy atom. The molecule has 2 rings (SSSR count). The topological polar surface area (TPSA) is 61.4 Å². The van der Waals surface area contributed by atoms with Crippen LogP contribution in [-0.2, 0) is 10.2 Å². The maximum absolute atomic E-state index is 12.5. The molecular weight excluding hydrogens is 286 g/mol. The maximum Gasteiger partial charge on any atom is 0.279 e. The van der Waals surface area contributed by atoms with Crippen LogP contribution in [0.15, 0.2) is 0 Å². The third-order valence-corrected chi connectivity index (χ3v) is 6.61. The van der Waals surface area contributed by atoms with Crippen LogP contribution < -0.4 is 10.0 Å². The molecule has 0 aromatic heterocycles. The average Bonchev–Trinajstić information content (AvgIpc) is 2.82. The highest BCUT2D eigenvalue weighted by Gasteiger charge is 2.36. The fraction of sp³-hybridized carbons (Fsp3) is 1.00. The van der Waals surface area contributed by atoms with Crippen LogP contribution in [0.25, 0.3) is 0 Å². The van der Waals surface area contributed by atoms with E-state index in [1.54, 1.807) is 4.31 Å². The minimum absolute atomic E-state index is 0.227. The van der Waals surface area contributed by atoms with E-state index in [0.29, 0.717) is 25.0 Å². The summed E-state index contributed by atoms with van der Waals surface area (Å²) in [5, 5.41) is 3.45. The third-order valence-electron chi connectivity index (χ3n) is 4.81. The molecule has 124 valence electrons. The van der Waals surface area contributed by atoms with Crippen molar-refractivity contribution in [3.05, 3.63) is 0 Å². The molecule has 21 heavy (non-hydrogen) atoms. The van der Waals surface area contributed by atoms with Gasteiger partial charge in [-0.15, -0.1) is 0 Å². The summed E-state index contributed by atoms with van der Waals surface area (Å²) in [7, 11) is -3.32. The zero-order chi connectivity index (χ0) is 15.5. The van der Waals surface area contributed by atoms with Crippen LogP contribution in [-0.4, -0.2) is 43.9 Å². The highest BCUT2D eigenvalue weighted by Crippen LogP contribution is 2.30. The van der Waals surface area contributed by atoms with Gasteiger partial charge in [-0.3, -0.25) is 0 Å². The fourth-order valence-electron chi connectivity index (χ4n) is 3.39. The minimum atomic E-state index is -3.32. The second-order valence-electron chi connectivity index (χ2n) is 7.28. The van der Waals surface area contributed by atoms with E-state index in [-0.39, 0.29) is 5.54 Å². The van der Waals surface area contributed by atoms with E-state index in [1.807, 2.05) is 6.92 Å². The summed E-state index contributed by atoms with van der Waals surface area (Å²) in [4.78, 5) is 0. The number of hydrogen-bond acceptors (Lipinski definition) is 3. The molecule has 1 aliphatic heterocycles. The molecular formula is C15H31N3O2S. The first kappa shape index (κ1) is 17.2. The SMILES string of the molecule is CC(C)NCC1CCN(S(=O)(=O)NC2(C)CCCC2)CC1. The molecule has 0 atom stereocenters. The van der Waals surface area contributed by atoms with Crippen LogP contribution in [0, 0.1) is 5.92 Å². The predicted molar refractivity (Wildman–Crippen MR) is 86.4 cm³/mol. The lowest BCUT2D eigenvalue weighted by Crippen LogP contribution is -2.52. The van der Waals surface area contributed by atoms with Crippen molar-refractivity contribution in [2.45, 2.75) is 70.9 Å². The van der Waals surface area contributed by atoms with E-state index < -0.39 is 10.2 Å². The molecule has 6 heteroatoms. The molecule has 1 heterocycles. The number of piperidine rings is 1. The van der Waals surface area contributed by atoms with Gasteiger partial charge >= 0.3 is 0 Å². The average molecular weight is 317 g/mol. The summed E-state index contributed by atoms with van der Waals surface area (Å²) < 4.78 is 29.6. The van der Waals surface area contributed by atoms with Gasteiger partial charge in [-0.2, -0.15) is 17.4 Å². The standard InChI is InChI=1S/C15H31N3O2S/c1-13(2)16-12-14-6-10-18(11-7-14)21(19,20)17-15(3)8-4-5-9-15/h13-14,16-17H,4-12H2,1-3H3. The fourth-order valence-corrected chi connectivity index (χ4v) is 5.04. The van der Waals surface area contributed by atoms with E-state index in [9.17, 15) is 8.42 Å². The van der Waals surface area contributed by atoms with Crippen molar-refractivity contribution in [3.63, 3.8) is 0 Å². The Kier molecular flexibility index (Phi) is 5.68. The van der Waals surface area contributed by atoms with Crippen molar-refractivity contribution >= 4 is 10.2 Å². The second kappa shape index (κ2) is 6.94. The maximum atomic E-state index is 12.5. The number of rotatable bonds is 6. The van der Waals surface area contributed by atoms with E-state index in [2.05, 4.69) is 23.9 Å². The molecule has 2 N–H and O–H groups in total. The molecule has 0 spiro atoms. The smallest absolute Gasteiger partial charge is 0.279 e. The van der Waals surface area contributed by atoms with Crippen LogP contribution in [0.3, 0.4) is 0 Å². The van der Waals surface area contributed by atoms with Crippen LogP contribution in [0.5, 0.6) is 0 Å². The molecule has 0 aromatic carbocycles. The zero-order valence-corrected chi connectivity index (χ0v) is 14.5. The van der Waals surface area contributed by atoms with Gasteiger partial charge in [0.2, 0.25) is 0 Å². The van der Waals surface area contributed by atoms with Crippen molar-refractivity contribution in [2.24, 2.45) is 5.92 Å². The second-order valence-corrected chi connectivity index (χ2v) is 8.95. The first-order valence-corrected chi connectivity index (χ1v) is 9.77. The molecule has 2 aliphatic rings. The van der Waals surface area contributed by atoms with E-state index in [4.69, 9.17) is 0 Å². The summed E-state index contributed by atoms with van der Waals surface area (Å²) >= 11 is 0. The summed E-state index contributed by atoms with van der Waals surface area (Å²) in [6.07, 6.45) is 6.08. The molecule has 0 aromatic rings. The van der Waals surface area contributed by atoms with Crippen molar-refractivity contribution in [3.8, 4) is 0 Å². The Hall–Kier alpha value is -0.170. The highest BCUT2D eigenvalue weighted by molar-refractivity contribution is 7.87. The lowest BCUT2D eigenvalue weighted by Gasteiger charge is -2.34. The Balaban J connectivity index is 1.83. The molecule has 0 bridgehead atoms. The Morgan fingerprint density at radius 2 is 1.76 bits per heavy atom. The van der Waals surface area contributed by atoms with Gasteiger partial charge in [0.1, 0.15) is 0 Å². The molecule has 1 saturated carbocycles. The number of nitrogens with one attached hydrogen (secondary N) is 2. The van der Waals surface area contributed by atoms with Gasteiger partial charge < -0.3 is 5.32 Å². The van der Waals surface area contributed by atoms with Gasteiger partial charge in [0.05, 0.1) is 0 Å². The summed E-state index contributed by atoms with van der Waals surface area (Å²) in [5.41, 5.74) is -0.227. The molecule has 0 amide bonds. The van der Waals surface area contributed by atoms with Gasteiger partial charge in [0, 0.05) is 24.7 Å². The summed E-state index contributed by atoms with van der Waals surface area (Å²) in [6, 6.07) is 0.496. The third kappa shape index (κ3) is 4.91. The van der Waals surface area contributed by atoms with Crippen molar-refractivity contribution < 1.29 is 8.42 Å². The van der Waals surface area contributed by atoms with Gasteiger partial charge in [-0.05, 0) is 45.1 Å². The first-order chi connectivity index (χ1) is 9.81. The Labute approximate surface area is 130 Å². The Morgan fingerprint density at radius 3 is 2.29 bits per heavy atom. The molecule has 1 saturated heterocycles. The molecule has 0 radical (unpaired) electrons. The number of nitrogens with zero attached hydrogens (tertiary/aromatic N) is 1. The van der Waals surface area contributed by atoms with E-state index in [0.717, 1.165) is 45.1 Å². The molecule has 5 nitrogen and oxygen atoms in total. The minimum Gasteiger partial charge on any atom is -0.314 e. The van der Waals surface area contributed by atoms with Crippen molar-refractivity contribution in [1.82, 2.24) is 14.3 Å². The van der Waals surface area contributed by atoms with Gasteiger partial charge in [-0.1, -0.05) is 26.7 Å². The van der Waals surface area contributed by atoms with Crippen LogP contribution in [0.2, 0.25) is 0 Å². The summed E-state index contributed by atoms with van der Waals surface area (Å²) in [5.74, 6) is 0.598. The lowest BCUT2D eigenvalue weighted by molar-refractivity contribution is 0.257. The van der Waals surface area contributed by atoms with E-state index in [1.165, 1.54) is 0 Å². The zero-order valence-electron chi connectivity index (χ0n) is 13.7. The normalized spacial score (nSPS) is 24.8.